The van der Waals surface area contributed by atoms with Crippen LogP contribution in [0, 0.1) is 5.92 Å². The molecule has 0 aromatic heterocycles. The van der Waals surface area contributed by atoms with Crippen molar-refractivity contribution >= 4 is 0 Å². The van der Waals surface area contributed by atoms with Crippen molar-refractivity contribution in [3.8, 4) is 0 Å². The van der Waals surface area contributed by atoms with Crippen molar-refractivity contribution in [1.29, 1.82) is 0 Å². The van der Waals surface area contributed by atoms with E-state index in [9.17, 15) is 0 Å². The van der Waals surface area contributed by atoms with Crippen molar-refractivity contribution in [3.63, 3.8) is 0 Å². The van der Waals surface area contributed by atoms with Crippen LogP contribution in [0.3, 0.4) is 0 Å². The Balaban J connectivity index is 3.21. The Hall–Kier alpha value is -0.120. The molecule has 0 bridgehead atoms. The fourth-order valence-corrected chi connectivity index (χ4v) is 1.08. The normalized spacial score (nSPS) is 15.7. The molecule has 0 aromatic rings. The molecule has 0 rings (SSSR count). The van der Waals surface area contributed by atoms with Gasteiger partial charge < -0.3 is 15.2 Å². The van der Waals surface area contributed by atoms with Gasteiger partial charge in [0, 0.05) is 12.6 Å². The van der Waals surface area contributed by atoms with E-state index in [1.165, 1.54) is 6.42 Å². The minimum Gasteiger partial charge on any atom is -0.394 e. The highest BCUT2D eigenvalue weighted by molar-refractivity contribution is 4.66. The standard InChI is InChI=1S/C10H23NO2/c1-4-9(2)10(3)11-5-7-13-8-6-12/h9-12H,4-8H2,1-3H3/t9-,10+/m1/s1. The van der Waals surface area contributed by atoms with Gasteiger partial charge in [-0.25, -0.2) is 0 Å². The van der Waals surface area contributed by atoms with Crippen LogP contribution in [0.2, 0.25) is 0 Å². The largest absolute Gasteiger partial charge is 0.394 e. The number of ether oxygens (including phenoxy) is 1. The Labute approximate surface area is 81.5 Å². The lowest BCUT2D eigenvalue weighted by Gasteiger charge is -2.19. The van der Waals surface area contributed by atoms with Crippen LogP contribution < -0.4 is 5.32 Å². The number of aliphatic hydroxyl groups excluding tert-OH is 1. The van der Waals surface area contributed by atoms with Gasteiger partial charge in [0.15, 0.2) is 0 Å². The third-order valence-electron chi connectivity index (χ3n) is 2.45. The molecule has 0 amide bonds. The molecule has 0 aliphatic carbocycles. The van der Waals surface area contributed by atoms with Crippen LogP contribution in [0.1, 0.15) is 27.2 Å². The summed E-state index contributed by atoms with van der Waals surface area (Å²) in [6.07, 6.45) is 1.20. The molecule has 0 unspecified atom stereocenters. The molecule has 0 radical (unpaired) electrons. The van der Waals surface area contributed by atoms with Gasteiger partial charge in [-0.05, 0) is 12.8 Å². The van der Waals surface area contributed by atoms with Gasteiger partial charge in [0.05, 0.1) is 19.8 Å². The summed E-state index contributed by atoms with van der Waals surface area (Å²) < 4.78 is 5.13. The zero-order valence-corrected chi connectivity index (χ0v) is 9.05. The third-order valence-corrected chi connectivity index (χ3v) is 2.45. The Morgan fingerprint density at radius 3 is 2.54 bits per heavy atom. The van der Waals surface area contributed by atoms with Crippen LogP contribution in [0.25, 0.3) is 0 Å². The summed E-state index contributed by atoms with van der Waals surface area (Å²) in [5.41, 5.74) is 0. The fraction of sp³-hybridized carbons (Fsp3) is 1.00. The Morgan fingerprint density at radius 1 is 1.31 bits per heavy atom. The average molecular weight is 189 g/mol. The zero-order valence-electron chi connectivity index (χ0n) is 9.05. The topological polar surface area (TPSA) is 41.5 Å². The number of rotatable bonds is 8. The van der Waals surface area contributed by atoms with Gasteiger partial charge in [-0.1, -0.05) is 20.3 Å². The van der Waals surface area contributed by atoms with E-state index in [1.54, 1.807) is 0 Å². The van der Waals surface area contributed by atoms with Crippen LogP contribution in [0.4, 0.5) is 0 Å². The Morgan fingerprint density at radius 2 is 2.00 bits per heavy atom. The van der Waals surface area contributed by atoms with Gasteiger partial charge in [0.1, 0.15) is 0 Å². The maximum atomic E-state index is 8.46. The number of hydrogen-bond acceptors (Lipinski definition) is 3. The van der Waals surface area contributed by atoms with Crippen molar-refractivity contribution in [3.05, 3.63) is 0 Å². The first-order valence-corrected chi connectivity index (χ1v) is 5.14. The molecule has 3 heteroatoms. The van der Waals surface area contributed by atoms with E-state index in [0.717, 1.165) is 6.54 Å². The first kappa shape index (κ1) is 12.9. The molecule has 0 saturated carbocycles. The highest BCUT2D eigenvalue weighted by Gasteiger charge is 2.07. The molecule has 2 N–H and O–H groups in total. The molecule has 0 saturated heterocycles. The van der Waals surface area contributed by atoms with Gasteiger partial charge in [-0.15, -0.1) is 0 Å². The number of aliphatic hydroxyl groups is 1. The molecular weight excluding hydrogens is 166 g/mol. The van der Waals surface area contributed by atoms with E-state index in [1.807, 2.05) is 0 Å². The Kier molecular flexibility index (Phi) is 8.40. The summed E-state index contributed by atoms with van der Waals surface area (Å²) >= 11 is 0. The molecule has 0 heterocycles. The number of nitrogens with one attached hydrogen (secondary N) is 1. The van der Waals surface area contributed by atoms with E-state index >= 15 is 0 Å². The molecule has 0 spiro atoms. The molecule has 0 aliphatic rings. The van der Waals surface area contributed by atoms with Crippen LogP contribution in [-0.2, 0) is 4.74 Å². The highest BCUT2D eigenvalue weighted by Crippen LogP contribution is 2.05. The van der Waals surface area contributed by atoms with Crippen LogP contribution in [0.5, 0.6) is 0 Å². The quantitative estimate of drug-likeness (QED) is 0.560. The molecule has 0 aliphatic heterocycles. The monoisotopic (exact) mass is 189 g/mol. The molecular formula is C10H23NO2. The maximum absolute atomic E-state index is 8.46. The third kappa shape index (κ3) is 6.99. The van der Waals surface area contributed by atoms with Crippen molar-refractivity contribution in [1.82, 2.24) is 5.32 Å². The second-order valence-electron chi connectivity index (χ2n) is 3.46. The van der Waals surface area contributed by atoms with Crippen molar-refractivity contribution in [2.75, 3.05) is 26.4 Å². The number of hydrogen-bond donors (Lipinski definition) is 2. The van der Waals surface area contributed by atoms with Gasteiger partial charge in [-0.2, -0.15) is 0 Å². The smallest absolute Gasteiger partial charge is 0.0698 e. The van der Waals surface area contributed by atoms with Crippen LogP contribution in [0.15, 0.2) is 0 Å². The summed E-state index contributed by atoms with van der Waals surface area (Å²) in [6.45, 7) is 8.74. The average Bonchev–Trinajstić information content (AvgIpc) is 2.16. The van der Waals surface area contributed by atoms with Crippen molar-refractivity contribution in [2.24, 2.45) is 5.92 Å². The van der Waals surface area contributed by atoms with E-state index in [4.69, 9.17) is 9.84 Å². The summed E-state index contributed by atoms with van der Waals surface area (Å²) in [4.78, 5) is 0. The van der Waals surface area contributed by atoms with Gasteiger partial charge >= 0.3 is 0 Å². The molecule has 2 atom stereocenters. The summed E-state index contributed by atoms with van der Waals surface area (Å²) in [6, 6.07) is 0.544. The van der Waals surface area contributed by atoms with Gasteiger partial charge in [0.25, 0.3) is 0 Å². The molecule has 0 fully saturated rings. The van der Waals surface area contributed by atoms with E-state index < -0.39 is 0 Å². The predicted molar refractivity (Wildman–Crippen MR) is 54.8 cm³/mol. The van der Waals surface area contributed by atoms with Crippen molar-refractivity contribution in [2.45, 2.75) is 33.2 Å². The lowest BCUT2D eigenvalue weighted by Crippen LogP contribution is -2.34. The minimum atomic E-state index is 0.112. The second kappa shape index (κ2) is 8.48. The van der Waals surface area contributed by atoms with Crippen LogP contribution in [-0.4, -0.2) is 37.5 Å². The maximum Gasteiger partial charge on any atom is 0.0698 e. The van der Waals surface area contributed by atoms with Crippen LogP contribution >= 0.6 is 0 Å². The highest BCUT2D eigenvalue weighted by atomic mass is 16.5. The zero-order chi connectivity index (χ0) is 10.1. The lowest BCUT2D eigenvalue weighted by molar-refractivity contribution is 0.0918. The SMILES string of the molecule is CC[C@@H](C)[C@H](C)NCCOCCO. The van der Waals surface area contributed by atoms with E-state index in [0.29, 0.717) is 25.2 Å². The first-order valence-electron chi connectivity index (χ1n) is 5.14. The fourth-order valence-electron chi connectivity index (χ4n) is 1.08. The minimum absolute atomic E-state index is 0.112. The second-order valence-corrected chi connectivity index (χ2v) is 3.46. The molecule has 13 heavy (non-hydrogen) atoms. The molecule has 80 valence electrons. The van der Waals surface area contributed by atoms with Gasteiger partial charge in [0.2, 0.25) is 0 Å². The summed E-state index contributed by atoms with van der Waals surface area (Å²) in [5, 5.41) is 11.8. The van der Waals surface area contributed by atoms with E-state index in [-0.39, 0.29) is 6.61 Å². The molecule has 3 nitrogen and oxygen atoms in total. The predicted octanol–water partition coefficient (Wildman–Crippen LogP) is 1.02. The first-order chi connectivity index (χ1) is 6.22. The summed E-state index contributed by atoms with van der Waals surface area (Å²) in [5.74, 6) is 0.706. The summed E-state index contributed by atoms with van der Waals surface area (Å²) in [7, 11) is 0. The van der Waals surface area contributed by atoms with E-state index in [2.05, 4.69) is 26.1 Å². The Bertz CT molecular complexity index is 109. The van der Waals surface area contributed by atoms with Gasteiger partial charge in [-0.3, -0.25) is 0 Å². The van der Waals surface area contributed by atoms with Crippen molar-refractivity contribution < 1.29 is 9.84 Å². The lowest BCUT2D eigenvalue weighted by atomic mass is 10.0. The molecule has 0 aromatic carbocycles.